The van der Waals surface area contributed by atoms with Gasteiger partial charge in [0.2, 0.25) is 0 Å². The first-order chi connectivity index (χ1) is 11.2. The van der Waals surface area contributed by atoms with Gasteiger partial charge in [0.1, 0.15) is 5.75 Å². The number of piperidine rings is 1. The molecule has 0 bridgehead atoms. The Balaban J connectivity index is 2.37. The molecule has 0 radical (unpaired) electrons. The van der Waals surface area contributed by atoms with Crippen molar-refractivity contribution in [2.45, 2.75) is 65.4 Å². The molecule has 1 aromatic rings. The van der Waals surface area contributed by atoms with Crippen molar-refractivity contribution in [2.24, 2.45) is 5.92 Å². The second kappa shape index (κ2) is 7.56. The number of carbonyl (C=O) groups is 1. The lowest BCUT2D eigenvalue weighted by atomic mass is 9.90. The molecule has 4 nitrogen and oxygen atoms in total. The summed E-state index contributed by atoms with van der Waals surface area (Å²) < 4.78 is 0. The average Bonchev–Trinajstić information content (AvgIpc) is 2.54. The lowest BCUT2D eigenvalue weighted by Crippen LogP contribution is -2.43. The van der Waals surface area contributed by atoms with Gasteiger partial charge in [-0.15, -0.1) is 0 Å². The van der Waals surface area contributed by atoms with Crippen LogP contribution in [-0.4, -0.2) is 40.2 Å². The standard InChI is InChI=1S/C20H31NO3/c1-12(2)16-9-17(13(3)4)19(23)18(10-16)20(24)21-8-6-7-15(11-21)14(5)22/h9-10,12-15,22-23H,6-8,11H2,1-5H3. The highest BCUT2D eigenvalue weighted by Crippen LogP contribution is 2.34. The summed E-state index contributed by atoms with van der Waals surface area (Å²) in [7, 11) is 0. The van der Waals surface area contributed by atoms with Gasteiger partial charge < -0.3 is 15.1 Å². The predicted octanol–water partition coefficient (Wildman–Crippen LogP) is 3.87. The maximum absolute atomic E-state index is 13.0. The molecule has 24 heavy (non-hydrogen) atoms. The van der Waals surface area contributed by atoms with E-state index in [1.54, 1.807) is 11.8 Å². The van der Waals surface area contributed by atoms with Crippen LogP contribution in [0.4, 0.5) is 0 Å². The van der Waals surface area contributed by atoms with Crippen LogP contribution >= 0.6 is 0 Å². The van der Waals surface area contributed by atoms with Crippen molar-refractivity contribution in [1.82, 2.24) is 4.90 Å². The molecule has 2 rings (SSSR count). The number of nitrogens with zero attached hydrogens (tertiary/aromatic N) is 1. The number of benzene rings is 1. The third-order valence-electron chi connectivity index (χ3n) is 5.11. The number of aromatic hydroxyl groups is 1. The van der Waals surface area contributed by atoms with Crippen molar-refractivity contribution in [3.8, 4) is 5.75 Å². The molecule has 1 amide bonds. The Bertz CT molecular complexity index is 593. The summed E-state index contributed by atoms with van der Waals surface area (Å²) in [4.78, 5) is 14.8. The minimum absolute atomic E-state index is 0.110. The summed E-state index contributed by atoms with van der Waals surface area (Å²) >= 11 is 0. The fourth-order valence-electron chi connectivity index (χ4n) is 3.38. The second-order valence-corrected chi connectivity index (χ2v) is 7.71. The van der Waals surface area contributed by atoms with Crippen LogP contribution in [0.2, 0.25) is 0 Å². The molecule has 0 aliphatic carbocycles. The lowest BCUT2D eigenvalue weighted by Gasteiger charge is -2.34. The number of carbonyl (C=O) groups excluding carboxylic acids is 1. The van der Waals surface area contributed by atoms with E-state index in [2.05, 4.69) is 13.8 Å². The SMILES string of the molecule is CC(C)c1cc(C(=O)N2CCCC(C(C)O)C2)c(O)c(C(C)C)c1. The van der Waals surface area contributed by atoms with E-state index < -0.39 is 6.10 Å². The van der Waals surface area contributed by atoms with Crippen LogP contribution in [0.5, 0.6) is 5.75 Å². The Labute approximate surface area is 145 Å². The highest BCUT2D eigenvalue weighted by atomic mass is 16.3. The molecular weight excluding hydrogens is 302 g/mol. The van der Waals surface area contributed by atoms with E-state index in [1.807, 2.05) is 26.0 Å². The largest absolute Gasteiger partial charge is 0.507 e. The van der Waals surface area contributed by atoms with Gasteiger partial charge in [-0.3, -0.25) is 4.79 Å². The molecule has 1 aromatic carbocycles. The van der Waals surface area contributed by atoms with Gasteiger partial charge in [-0.25, -0.2) is 0 Å². The number of hydrogen-bond acceptors (Lipinski definition) is 3. The molecule has 134 valence electrons. The Hall–Kier alpha value is -1.55. The quantitative estimate of drug-likeness (QED) is 0.879. The number of likely N-dealkylation sites (tertiary alicyclic amines) is 1. The van der Waals surface area contributed by atoms with Crippen molar-refractivity contribution in [1.29, 1.82) is 0 Å². The van der Waals surface area contributed by atoms with E-state index >= 15 is 0 Å². The summed E-state index contributed by atoms with van der Waals surface area (Å²) in [5.74, 6) is 0.548. The van der Waals surface area contributed by atoms with Crippen molar-refractivity contribution < 1.29 is 15.0 Å². The Morgan fingerprint density at radius 1 is 1.17 bits per heavy atom. The maximum Gasteiger partial charge on any atom is 0.257 e. The molecule has 1 aliphatic heterocycles. The molecule has 1 heterocycles. The first-order valence-corrected chi connectivity index (χ1v) is 9.06. The van der Waals surface area contributed by atoms with Crippen molar-refractivity contribution in [3.63, 3.8) is 0 Å². The van der Waals surface area contributed by atoms with Crippen molar-refractivity contribution in [3.05, 3.63) is 28.8 Å². The Kier molecular flexibility index (Phi) is 5.92. The number of rotatable bonds is 4. The highest BCUT2D eigenvalue weighted by molar-refractivity contribution is 5.97. The van der Waals surface area contributed by atoms with Crippen molar-refractivity contribution >= 4 is 5.91 Å². The van der Waals surface area contributed by atoms with E-state index in [4.69, 9.17) is 0 Å². The van der Waals surface area contributed by atoms with Crippen LogP contribution in [-0.2, 0) is 0 Å². The zero-order chi connectivity index (χ0) is 18.0. The molecular formula is C20H31NO3. The predicted molar refractivity (Wildman–Crippen MR) is 96.6 cm³/mol. The minimum Gasteiger partial charge on any atom is -0.507 e. The molecule has 0 aromatic heterocycles. The number of phenols is 1. The summed E-state index contributed by atoms with van der Waals surface area (Å²) in [6.45, 7) is 11.3. The minimum atomic E-state index is -0.414. The number of hydrogen-bond donors (Lipinski definition) is 2. The molecule has 1 aliphatic rings. The number of aliphatic hydroxyl groups excluding tert-OH is 1. The van der Waals surface area contributed by atoms with Gasteiger partial charge in [0.25, 0.3) is 5.91 Å². The zero-order valence-electron chi connectivity index (χ0n) is 15.5. The number of aliphatic hydroxyl groups is 1. The van der Waals surface area contributed by atoms with Crippen LogP contribution in [0.15, 0.2) is 12.1 Å². The molecule has 4 heteroatoms. The lowest BCUT2D eigenvalue weighted by molar-refractivity contribution is 0.0464. The first-order valence-electron chi connectivity index (χ1n) is 9.06. The van der Waals surface area contributed by atoms with Crippen molar-refractivity contribution in [2.75, 3.05) is 13.1 Å². The monoisotopic (exact) mass is 333 g/mol. The maximum atomic E-state index is 13.0. The zero-order valence-corrected chi connectivity index (χ0v) is 15.5. The van der Waals surface area contributed by atoms with Crippen LogP contribution < -0.4 is 0 Å². The summed E-state index contributed by atoms with van der Waals surface area (Å²) in [5, 5.41) is 20.5. The van der Waals surface area contributed by atoms with Gasteiger partial charge >= 0.3 is 0 Å². The van der Waals surface area contributed by atoms with Gasteiger partial charge in [0, 0.05) is 19.0 Å². The second-order valence-electron chi connectivity index (χ2n) is 7.71. The van der Waals surface area contributed by atoms with Gasteiger partial charge in [-0.1, -0.05) is 33.8 Å². The van der Waals surface area contributed by atoms with Gasteiger partial charge in [0.15, 0.2) is 0 Å². The topological polar surface area (TPSA) is 60.8 Å². The van der Waals surface area contributed by atoms with E-state index in [9.17, 15) is 15.0 Å². The molecule has 2 unspecified atom stereocenters. The smallest absolute Gasteiger partial charge is 0.257 e. The molecule has 0 saturated carbocycles. The van der Waals surface area contributed by atoms with Crippen LogP contribution in [0.3, 0.4) is 0 Å². The molecule has 2 atom stereocenters. The summed E-state index contributed by atoms with van der Waals surface area (Å²) in [6, 6.07) is 3.84. The van der Waals surface area contributed by atoms with E-state index in [0.717, 1.165) is 24.0 Å². The van der Waals surface area contributed by atoms with Gasteiger partial charge in [-0.2, -0.15) is 0 Å². The normalized spacial score (nSPS) is 19.8. The van der Waals surface area contributed by atoms with Crippen LogP contribution in [0, 0.1) is 5.92 Å². The summed E-state index contributed by atoms with van der Waals surface area (Å²) in [5.41, 5.74) is 2.30. The van der Waals surface area contributed by atoms with E-state index in [-0.39, 0.29) is 23.5 Å². The molecule has 0 spiro atoms. The number of phenolic OH excluding ortho intramolecular Hbond substituents is 1. The van der Waals surface area contributed by atoms with Gasteiger partial charge in [-0.05, 0) is 48.8 Å². The van der Waals surface area contributed by atoms with Crippen LogP contribution in [0.1, 0.15) is 80.8 Å². The first kappa shape index (κ1) is 18.8. The fourth-order valence-corrected chi connectivity index (χ4v) is 3.38. The third-order valence-corrected chi connectivity index (χ3v) is 5.11. The van der Waals surface area contributed by atoms with Gasteiger partial charge in [0.05, 0.1) is 11.7 Å². The molecule has 2 N–H and O–H groups in total. The van der Waals surface area contributed by atoms with E-state index in [1.165, 1.54) is 0 Å². The Morgan fingerprint density at radius 2 is 1.83 bits per heavy atom. The highest BCUT2D eigenvalue weighted by Gasteiger charge is 2.29. The third kappa shape index (κ3) is 3.92. The van der Waals surface area contributed by atoms with E-state index in [0.29, 0.717) is 24.6 Å². The average molecular weight is 333 g/mol. The molecule has 1 fully saturated rings. The van der Waals surface area contributed by atoms with Crippen LogP contribution in [0.25, 0.3) is 0 Å². The number of amides is 1. The molecule has 1 saturated heterocycles. The summed E-state index contributed by atoms with van der Waals surface area (Å²) in [6.07, 6.45) is 1.42. The fraction of sp³-hybridized carbons (Fsp3) is 0.650. The Morgan fingerprint density at radius 3 is 2.38 bits per heavy atom.